The lowest BCUT2D eigenvalue weighted by Gasteiger charge is -2.07. The number of aryl methyl sites for hydroxylation is 1. The zero-order chi connectivity index (χ0) is 14.4. The Bertz CT molecular complexity index is 870. The summed E-state index contributed by atoms with van der Waals surface area (Å²) in [6, 6.07) is 14.8. The second kappa shape index (κ2) is 4.85. The van der Waals surface area contributed by atoms with E-state index in [4.69, 9.17) is 0 Å². The highest BCUT2D eigenvalue weighted by Gasteiger charge is 2.23. The number of nitrogens with zero attached hydrogens (tertiary/aromatic N) is 1. The summed E-state index contributed by atoms with van der Waals surface area (Å²) < 4.78 is 3.06. The van der Waals surface area contributed by atoms with Gasteiger partial charge in [0, 0.05) is 6.54 Å². The number of hydrogen-bond acceptors (Lipinski definition) is 2. The van der Waals surface area contributed by atoms with Gasteiger partial charge in [-0.3, -0.25) is 9.36 Å². The molecule has 3 heteroatoms. The van der Waals surface area contributed by atoms with Crippen LogP contribution in [-0.4, -0.2) is 4.57 Å². The van der Waals surface area contributed by atoms with Crippen LogP contribution in [0.2, 0.25) is 0 Å². The molecule has 0 spiro atoms. The Morgan fingerprint density at radius 3 is 2.76 bits per heavy atom. The van der Waals surface area contributed by atoms with E-state index in [1.807, 2.05) is 4.57 Å². The molecule has 106 valence electrons. The van der Waals surface area contributed by atoms with Crippen LogP contribution >= 0.6 is 11.3 Å². The van der Waals surface area contributed by atoms with E-state index in [2.05, 4.69) is 49.4 Å². The number of rotatable bonds is 3. The molecule has 1 aliphatic carbocycles. The summed E-state index contributed by atoms with van der Waals surface area (Å²) in [5.41, 5.74) is 4.80. The lowest BCUT2D eigenvalue weighted by molar-refractivity contribution is 0.637. The minimum atomic E-state index is 0.179. The fraction of sp³-hybridized carbons (Fsp3) is 0.278. The second-order valence-corrected chi connectivity index (χ2v) is 6.91. The maximum absolute atomic E-state index is 12.2. The third-order valence-corrected chi connectivity index (χ3v) is 5.20. The van der Waals surface area contributed by atoms with E-state index in [0.29, 0.717) is 0 Å². The molecule has 2 nitrogen and oxygen atoms in total. The average Bonchev–Trinajstić information content (AvgIpc) is 3.24. The number of aromatic nitrogens is 1. The van der Waals surface area contributed by atoms with Crippen LogP contribution in [0.3, 0.4) is 0 Å². The van der Waals surface area contributed by atoms with Gasteiger partial charge in [0.05, 0.1) is 10.2 Å². The minimum Gasteiger partial charge on any atom is -0.298 e. The Labute approximate surface area is 127 Å². The van der Waals surface area contributed by atoms with Gasteiger partial charge >= 0.3 is 4.87 Å². The van der Waals surface area contributed by atoms with E-state index < -0.39 is 0 Å². The molecule has 0 bridgehead atoms. The minimum absolute atomic E-state index is 0.179. The van der Waals surface area contributed by atoms with Gasteiger partial charge in [-0.2, -0.15) is 0 Å². The summed E-state index contributed by atoms with van der Waals surface area (Å²) in [5, 5.41) is 0. The molecule has 0 atom stereocenters. The first-order valence-electron chi connectivity index (χ1n) is 7.42. The van der Waals surface area contributed by atoms with E-state index in [1.54, 1.807) is 0 Å². The third-order valence-electron chi connectivity index (χ3n) is 4.26. The van der Waals surface area contributed by atoms with Crippen molar-refractivity contribution in [2.45, 2.75) is 26.3 Å². The Kier molecular flexibility index (Phi) is 2.96. The van der Waals surface area contributed by atoms with E-state index in [-0.39, 0.29) is 4.87 Å². The number of hydrogen-bond donors (Lipinski definition) is 0. The maximum atomic E-state index is 12.2. The molecule has 0 saturated heterocycles. The van der Waals surface area contributed by atoms with E-state index in [9.17, 15) is 4.79 Å². The largest absolute Gasteiger partial charge is 0.308 e. The van der Waals surface area contributed by atoms with Gasteiger partial charge < -0.3 is 0 Å². The molecule has 0 aliphatic heterocycles. The Hall–Kier alpha value is -1.87. The fourth-order valence-corrected chi connectivity index (χ4v) is 3.80. The van der Waals surface area contributed by atoms with Crippen molar-refractivity contribution in [3.05, 3.63) is 57.7 Å². The predicted molar refractivity (Wildman–Crippen MR) is 89.0 cm³/mol. The van der Waals surface area contributed by atoms with Crippen LogP contribution in [0, 0.1) is 12.8 Å². The zero-order valence-electron chi connectivity index (χ0n) is 12.0. The van der Waals surface area contributed by atoms with Crippen molar-refractivity contribution in [3.8, 4) is 11.1 Å². The Morgan fingerprint density at radius 1 is 1.19 bits per heavy atom. The molecule has 21 heavy (non-hydrogen) atoms. The first kappa shape index (κ1) is 12.8. The molecule has 1 aliphatic rings. The lowest BCUT2D eigenvalue weighted by Crippen LogP contribution is -2.13. The summed E-state index contributed by atoms with van der Waals surface area (Å²) in [6.45, 7) is 3.02. The molecule has 1 fully saturated rings. The molecule has 0 unspecified atom stereocenters. The van der Waals surface area contributed by atoms with Crippen LogP contribution in [0.1, 0.15) is 18.4 Å². The van der Waals surface area contributed by atoms with Crippen LogP contribution in [0.25, 0.3) is 21.3 Å². The monoisotopic (exact) mass is 295 g/mol. The van der Waals surface area contributed by atoms with E-state index in [0.717, 1.165) is 22.7 Å². The molecular weight excluding hydrogens is 278 g/mol. The first-order chi connectivity index (χ1) is 10.2. The second-order valence-electron chi connectivity index (χ2n) is 5.92. The number of benzene rings is 2. The molecule has 1 aromatic heterocycles. The highest BCUT2D eigenvalue weighted by Crippen LogP contribution is 2.33. The van der Waals surface area contributed by atoms with Gasteiger partial charge in [-0.05, 0) is 54.5 Å². The zero-order valence-corrected chi connectivity index (χ0v) is 12.8. The molecule has 2 aromatic carbocycles. The SMILES string of the molecule is Cc1ccccc1-c1ccc2c(c1)sc(=O)n2CC1CC1. The lowest BCUT2D eigenvalue weighted by atomic mass is 10.0. The van der Waals surface area contributed by atoms with Gasteiger partial charge in [-0.1, -0.05) is 41.7 Å². The molecule has 1 heterocycles. The molecule has 0 N–H and O–H groups in total. The van der Waals surface area contributed by atoms with Crippen LogP contribution in [0.4, 0.5) is 0 Å². The smallest absolute Gasteiger partial charge is 0.298 e. The van der Waals surface area contributed by atoms with Crippen molar-refractivity contribution in [2.75, 3.05) is 0 Å². The summed E-state index contributed by atoms with van der Waals surface area (Å²) in [7, 11) is 0. The average molecular weight is 295 g/mol. The van der Waals surface area contributed by atoms with E-state index >= 15 is 0 Å². The topological polar surface area (TPSA) is 22.0 Å². The van der Waals surface area contributed by atoms with Gasteiger partial charge in [0.15, 0.2) is 0 Å². The van der Waals surface area contributed by atoms with Gasteiger partial charge in [-0.25, -0.2) is 0 Å². The fourth-order valence-electron chi connectivity index (χ4n) is 2.86. The van der Waals surface area contributed by atoms with Crippen LogP contribution in [0.15, 0.2) is 47.3 Å². The molecule has 0 radical (unpaired) electrons. The maximum Gasteiger partial charge on any atom is 0.308 e. The van der Waals surface area contributed by atoms with Crippen molar-refractivity contribution < 1.29 is 0 Å². The van der Waals surface area contributed by atoms with E-state index in [1.165, 1.54) is 40.9 Å². The van der Waals surface area contributed by atoms with Crippen LogP contribution in [-0.2, 0) is 6.54 Å². The molecule has 3 aromatic rings. The first-order valence-corrected chi connectivity index (χ1v) is 8.23. The summed E-state index contributed by atoms with van der Waals surface area (Å²) in [6.07, 6.45) is 2.54. The van der Waals surface area contributed by atoms with Gasteiger partial charge in [-0.15, -0.1) is 0 Å². The van der Waals surface area contributed by atoms with Crippen molar-refractivity contribution in [1.82, 2.24) is 4.57 Å². The highest BCUT2D eigenvalue weighted by atomic mass is 32.1. The third kappa shape index (κ3) is 2.32. The van der Waals surface area contributed by atoms with Crippen molar-refractivity contribution >= 4 is 21.6 Å². The normalized spacial score (nSPS) is 14.7. The molecule has 0 amide bonds. The summed E-state index contributed by atoms with van der Waals surface area (Å²) in [5.74, 6) is 0.719. The Balaban J connectivity index is 1.84. The number of thiazole rings is 1. The van der Waals surface area contributed by atoms with Crippen LogP contribution < -0.4 is 4.87 Å². The predicted octanol–water partition coefficient (Wildman–Crippen LogP) is 4.45. The molecule has 4 rings (SSSR count). The summed E-state index contributed by atoms with van der Waals surface area (Å²) in [4.78, 5) is 12.4. The van der Waals surface area contributed by atoms with Crippen molar-refractivity contribution in [1.29, 1.82) is 0 Å². The van der Waals surface area contributed by atoms with Gasteiger partial charge in [0.25, 0.3) is 0 Å². The quantitative estimate of drug-likeness (QED) is 0.700. The van der Waals surface area contributed by atoms with Gasteiger partial charge in [0.2, 0.25) is 0 Å². The summed E-state index contributed by atoms with van der Waals surface area (Å²) >= 11 is 1.37. The van der Waals surface area contributed by atoms with Crippen LogP contribution in [0.5, 0.6) is 0 Å². The Morgan fingerprint density at radius 2 is 2.00 bits per heavy atom. The standard InChI is InChI=1S/C18H17NOS/c1-12-4-2-3-5-15(12)14-8-9-16-17(10-14)21-18(20)19(16)11-13-6-7-13/h2-5,8-10,13H,6-7,11H2,1H3. The van der Waals surface area contributed by atoms with Crippen molar-refractivity contribution in [2.24, 2.45) is 5.92 Å². The van der Waals surface area contributed by atoms with Gasteiger partial charge in [0.1, 0.15) is 0 Å². The molecular formula is C18H17NOS. The van der Waals surface area contributed by atoms with Crippen molar-refractivity contribution in [3.63, 3.8) is 0 Å². The molecule has 1 saturated carbocycles. The highest BCUT2D eigenvalue weighted by molar-refractivity contribution is 7.16. The number of fused-ring (bicyclic) bond motifs is 1.